The number of ether oxygens (including phenoxy) is 2. The van der Waals surface area contributed by atoms with Gasteiger partial charge in [-0.15, -0.1) is 11.3 Å². The molecule has 2 rings (SSSR count). The Morgan fingerprint density at radius 3 is 2.57 bits per heavy atom. The minimum Gasteiger partial charge on any atom is -0.493 e. The highest BCUT2D eigenvalue weighted by Gasteiger charge is 2.14. The van der Waals surface area contributed by atoms with Crippen LogP contribution in [0.2, 0.25) is 0 Å². The zero-order valence-corrected chi connectivity index (χ0v) is 13.3. The molecule has 0 saturated heterocycles. The third kappa shape index (κ3) is 3.52. The van der Waals surface area contributed by atoms with Crippen molar-refractivity contribution in [2.75, 3.05) is 14.2 Å². The third-order valence-electron chi connectivity index (χ3n) is 2.79. The maximum atomic E-state index is 11.9. The molecule has 112 valence electrons. The second-order valence-electron chi connectivity index (χ2n) is 4.74. The Hall–Kier alpha value is -2.08. The van der Waals surface area contributed by atoms with E-state index in [0.29, 0.717) is 17.2 Å². The Morgan fingerprint density at radius 1 is 1.24 bits per heavy atom. The first-order valence-electron chi connectivity index (χ1n) is 6.54. The molecule has 0 bridgehead atoms. The van der Waals surface area contributed by atoms with E-state index in [2.05, 4.69) is 10.3 Å². The molecule has 0 fully saturated rings. The second kappa shape index (κ2) is 6.58. The van der Waals surface area contributed by atoms with E-state index in [0.717, 1.165) is 10.6 Å². The Morgan fingerprint density at radius 2 is 1.95 bits per heavy atom. The van der Waals surface area contributed by atoms with Crippen molar-refractivity contribution in [3.8, 4) is 22.1 Å². The predicted molar refractivity (Wildman–Crippen MR) is 83.3 cm³/mol. The Balaban J connectivity index is 2.27. The lowest BCUT2D eigenvalue weighted by molar-refractivity contribution is 0.0939. The lowest BCUT2D eigenvalue weighted by Gasteiger charge is -2.08. The quantitative estimate of drug-likeness (QED) is 0.922. The molecule has 1 heterocycles. The van der Waals surface area contributed by atoms with Crippen molar-refractivity contribution in [1.82, 2.24) is 10.3 Å². The lowest BCUT2D eigenvalue weighted by atomic mass is 10.2. The van der Waals surface area contributed by atoms with Crippen molar-refractivity contribution in [1.29, 1.82) is 0 Å². The SMILES string of the molecule is COc1ccc(-c2nc(C(=O)NC(C)C)cs2)cc1OC. The number of hydrogen-bond acceptors (Lipinski definition) is 5. The molecule has 21 heavy (non-hydrogen) atoms. The fourth-order valence-electron chi connectivity index (χ4n) is 1.82. The van der Waals surface area contributed by atoms with Crippen LogP contribution in [0.1, 0.15) is 24.3 Å². The average Bonchev–Trinajstić information content (AvgIpc) is 2.95. The first-order chi connectivity index (χ1) is 10.0. The molecule has 2 aromatic rings. The zero-order valence-electron chi connectivity index (χ0n) is 12.5. The molecule has 5 nitrogen and oxygen atoms in total. The summed E-state index contributed by atoms with van der Waals surface area (Å²) in [5.74, 6) is 1.14. The van der Waals surface area contributed by atoms with Gasteiger partial charge in [-0.25, -0.2) is 4.98 Å². The highest BCUT2D eigenvalue weighted by atomic mass is 32.1. The third-order valence-corrected chi connectivity index (χ3v) is 3.68. The van der Waals surface area contributed by atoms with Crippen LogP contribution in [-0.2, 0) is 0 Å². The number of hydrogen-bond donors (Lipinski definition) is 1. The summed E-state index contributed by atoms with van der Waals surface area (Å²) in [6, 6.07) is 5.65. The van der Waals surface area contributed by atoms with Gasteiger partial charge in [-0.1, -0.05) is 0 Å². The Labute approximate surface area is 127 Å². The molecule has 0 aliphatic carbocycles. The largest absolute Gasteiger partial charge is 0.493 e. The van der Waals surface area contributed by atoms with Crippen LogP contribution >= 0.6 is 11.3 Å². The van der Waals surface area contributed by atoms with E-state index >= 15 is 0 Å². The van der Waals surface area contributed by atoms with Crippen molar-refractivity contribution >= 4 is 17.2 Å². The number of rotatable bonds is 5. The van der Waals surface area contributed by atoms with Gasteiger partial charge in [-0.05, 0) is 32.0 Å². The summed E-state index contributed by atoms with van der Waals surface area (Å²) >= 11 is 1.42. The topological polar surface area (TPSA) is 60.5 Å². The fraction of sp³-hybridized carbons (Fsp3) is 0.333. The van der Waals surface area contributed by atoms with Crippen molar-refractivity contribution in [2.24, 2.45) is 0 Å². The van der Waals surface area contributed by atoms with Gasteiger partial charge >= 0.3 is 0 Å². The van der Waals surface area contributed by atoms with Gasteiger partial charge in [0.25, 0.3) is 5.91 Å². The fourth-order valence-corrected chi connectivity index (χ4v) is 2.61. The molecule has 6 heteroatoms. The molecule has 1 N–H and O–H groups in total. The van der Waals surface area contributed by atoms with Gasteiger partial charge in [-0.2, -0.15) is 0 Å². The standard InChI is InChI=1S/C15H18N2O3S/c1-9(2)16-14(18)11-8-21-15(17-11)10-5-6-12(19-3)13(7-10)20-4/h5-9H,1-4H3,(H,16,18). The minimum absolute atomic E-state index is 0.0868. The molecule has 1 amide bonds. The number of carbonyl (C=O) groups excluding carboxylic acids is 1. The molecule has 1 aromatic carbocycles. The minimum atomic E-state index is -0.159. The first kappa shape index (κ1) is 15.3. The van der Waals surface area contributed by atoms with Gasteiger partial charge in [0.05, 0.1) is 14.2 Å². The van der Waals surface area contributed by atoms with Crippen molar-refractivity contribution in [2.45, 2.75) is 19.9 Å². The molecule has 0 unspecified atom stereocenters. The monoisotopic (exact) mass is 306 g/mol. The van der Waals surface area contributed by atoms with Gasteiger partial charge in [0.2, 0.25) is 0 Å². The van der Waals surface area contributed by atoms with E-state index in [1.54, 1.807) is 19.6 Å². The van der Waals surface area contributed by atoms with E-state index in [9.17, 15) is 4.79 Å². The zero-order chi connectivity index (χ0) is 15.4. The van der Waals surface area contributed by atoms with Crippen LogP contribution in [-0.4, -0.2) is 31.2 Å². The van der Waals surface area contributed by atoms with E-state index in [1.165, 1.54) is 11.3 Å². The van der Waals surface area contributed by atoms with Crippen LogP contribution in [0.5, 0.6) is 11.5 Å². The number of amides is 1. The molecular formula is C15H18N2O3S. The van der Waals surface area contributed by atoms with Crippen LogP contribution in [0, 0.1) is 0 Å². The smallest absolute Gasteiger partial charge is 0.270 e. The van der Waals surface area contributed by atoms with Gasteiger partial charge in [0, 0.05) is 17.0 Å². The summed E-state index contributed by atoms with van der Waals surface area (Å²) < 4.78 is 10.5. The van der Waals surface area contributed by atoms with Gasteiger partial charge in [-0.3, -0.25) is 4.79 Å². The molecule has 0 spiro atoms. The Kier molecular flexibility index (Phi) is 4.80. The molecule has 0 radical (unpaired) electrons. The van der Waals surface area contributed by atoms with Crippen LogP contribution in [0.15, 0.2) is 23.6 Å². The number of thiazole rings is 1. The normalized spacial score (nSPS) is 10.5. The number of methoxy groups -OCH3 is 2. The number of benzene rings is 1. The molecule has 1 aromatic heterocycles. The molecular weight excluding hydrogens is 288 g/mol. The number of nitrogens with one attached hydrogen (secondary N) is 1. The summed E-state index contributed by atoms with van der Waals surface area (Å²) in [5.41, 5.74) is 1.32. The first-order valence-corrected chi connectivity index (χ1v) is 7.42. The highest BCUT2D eigenvalue weighted by Crippen LogP contribution is 2.33. The van der Waals surface area contributed by atoms with E-state index in [1.807, 2.05) is 32.0 Å². The van der Waals surface area contributed by atoms with Crippen molar-refractivity contribution < 1.29 is 14.3 Å². The summed E-state index contributed by atoms with van der Waals surface area (Å²) in [5, 5.41) is 5.35. The molecule has 0 atom stereocenters. The molecule has 0 aliphatic heterocycles. The summed E-state index contributed by atoms with van der Waals surface area (Å²) in [6.07, 6.45) is 0. The average molecular weight is 306 g/mol. The maximum absolute atomic E-state index is 11.9. The second-order valence-corrected chi connectivity index (χ2v) is 5.59. The van der Waals surface area contributed by atoms with Crippen LogP contribution in [0.4, 0.5) is 0 Å². The van der Waals surface area contributed by atoms with E-state index in [4.69, 9.17) is 9.47 Å². The highest BCUT2D eigenvalue weighted by molar-refractivity contribution is 7.13. The number of aromatic nitrogens is 1. The summed E-state index contributed by atoms with van der Waals surface area (Å²) in [4.78, 5) is 16.3. The van der Waals surface area contributed by atoms with Crippen LogP contribution in [0.3, 0.4) is 0 Å². The maximum Gasteiger partial charge on any atom is 0.270 e. The molecule has 0 aliphatic rings. The van der Waals surface area contributed by atoms with Crippen LogP contribution < -0.4 is 14.8 Å². The van der Waals surface area contributed by atoms with Crippen molar-refractivity contribution in [3.05, 3.63) is 29.3 Å². The molecule has 0 saturated carbocycles. The van der Waals surface area contributed by atoms with E-state index in [-0.39, 0.29) is 11.9 Å². The van der Waals surface area contributed by atoms with E-state index < -0.39 is 0 Å². The van der Waals surface area contributed by atoms with Gasteiger partial charge < -0.3 is 14.8 Å². The van der Waals surface area contributed by atoms with Gasteiger partial charge in [0.15, 0.2) is 11.5 Å². The van der Waals surface area contributed by atoms with Crippen molar-refractivity contribution in [3.63, 3.8) is 0 Å². The number of nitrogens with zero attached hydrogens (tertiary/aromatic N) is 1. The lowest BCUT2D eigenvalue weighted by Crippen LogP contribution is -2.30. The van der Waals surface area contributed by atoms with Gasteiger partial charge in [0.1, 0.15) is 10.7 Å². The number of carbonyl (C=O) groups is 1. The predicted octanol–water partition coefficient (Wildman–Crippen LogP) is 2.97. The summed E-state index contributed by atoms with van der Waals surface area (Å²) in [6.45, 7) is 3.83. The Bertz CT molecular complexity index is 638. The van der Waals surface area contributed by atoms with Crippen LogP contribution in [0.25, 0.3) is 10.6 Å². The summed E-state index contributed by atoms with van der Waals surface area (Å²) in [7, 11) is 3.18.